The van der Waals surface area contributed by atoms with Gasteiger partial charge in [-0.3, -0.25) is 9.48 Å². The van der Waals surface area contributed by atoms with Gasteiger partial charge in [0.05, 0.1) is 0 Å². The Balaban J connectivity index is 2.07. The molecule has 1 aromatic heterocycles. The molecule has 0 saturated carbocycles. The van der Waals surface area contributed by atoms with Crippen LogP contribution in [0.25, 0.3) is 0 Å². The zero-order valence-corrected chi connectivity index (χ0v) is 9.94. The molecule has 1 aromatic rings. The number of hydrogen-bond donors (Lipinski definition) is 2. The molecule has 0 saturated heterocycles. The van der Waals surface area contributed by atoms with Crippen LogP contribution >= 0.6 is 0 Å². The van der Waals surface area contributed by atoms with E-state index in [4.69, 9.17) is 0 Å². The Kier molecular flexibility index (Phi) is 5.56. The maximum Gasteiger partial charge on any atom is 0.221 e. The van der Waals surface area contributed by atoms with Crippen molar-refractivity contribution in [3.63, 3.8) is 0 Å². The summed E-state index contributed by atoms with van der Waals surface area (Å²) in [5, 5.41) is 10.0. The fourth-order valence-corrected chi connectivity index (χ4v) is 1.42. The number of hydrogen-bond acceptors (Lipinski definition) is 3. The van der Waals surface area contributed by atoms with E-state index < -0.39 is 0 Å². The van der Waals surface area contributed by atoms with E-state index in [1.807, 2.05) is 16.9 Å². The summed E-state index contributed by atoms with van der Waals surface area (Å²) >= 11 is 0. The normalized spacial score (nSPS) is 12.4. The minimum atomic E-state index is 0.0757. The van der Waals surface area contributed by atoms with Gasteiger partial charge in [0.25, 0.3) is 0 Å². The molecule has 5 nitrogen and oxygen atoms in total. The molecule has 0 spiro atoms. The molecule has 0 bridgehead atoms. The van der Waals surface area contributed by atoms with Crippen LogP contribution in [-0.4, -0.2) is 35.3 Å². The van der Waals surface area contributed by atoms with Crippen LogP contribution in [0, 0.1) is 0 Å². The maximum atomic E-state index is 11.0. The van der Waals surface area contributed by atoms with Gasteiger partial charge in [-0.2, -0.15) is 5.10 Å². The van der Waals surface area contributed by atoms with Crippen molar-refractivity contribution in [3.05, 3.63) is 18.5 Å². The van der Waals surface area contributed by atoms with Crippen molar-refractivity contribution in [2.45, 2.75) is 32.4 Å². The number of aryl methyl sites for hydroxylation is 1. The summed E-state index contributed by atoms with van der Waals surface area (Å²) in [5.41, 5.74) is 0. The van der Waals surface area contributed by atoms with Crippen molar-refractivity contribution >= 4 is 5.91 Å². The monoisotopic (exact) mass is 224 g/mol. The average molecular weight is 224 g/mol. The predicted octanol–water partition coefficient (Wildman–Crippen LogP) is 0.387. The van der Waals surface area contributed by atoms with Crippen molar-refractivity contribution in [1.82, 2.24) is 20.4 Å². The van der Waals surface area contributed by atoms with E-state index in [1.54, 1.807) is 13.2 Å². The second-order valence-corrected chi connectivity index (χ2v) is 3.84. The van der Waals surface area contributed by atoms with Gasteiger partial charge in [0.15, 0.2) is 0 Å². The number of carbonyl (C=O) groups excluding carboxylic acids is 1. The van der Waals surface area contributed by atoms with Gasteiger partial charge in [-0.05, 0) is 19.4 Å². The first-order valence-corrected chi connectivity index (χ1v) is 5.63. The predicted molar refractivity (Wildman–Crippen MR) is 63.0 cm³/mol. The number of aromatic nitrogens is 2. The van der Waals surface area contributed by atoms with Crippen molar-refractivity contribution < 1.29 is 4.79 Å². The Hall–Kier alpha value is -1.36. The molecule has 16 heavy (non-hydrogen) atoms. The Bertz CT molecular complexity index is 297. The molecule has 0 aliphatic heterocycles. The van der Waals surface area contributed by atoms with E-state index in [0.717, 1.165) is 19.5 Å². The zero-order chi connectivity index (χ0) is 11.8. The molecule has 1 amide bonds. The van der Waals surface area contributed by atoms with E-state index in [2.05, 4.69) is 22.7 Å². The summed E-state index contributed by atoms with van der Waals surface area (Å²) < 4.78 is 1.91. The quantitative estimate of drug-likeness (QED) is 0.704. The highest BCUT2D eigenvalue weighted by Gasteiger charge is 2.03. The third kappa shape index (κ3) is 4.93. The summed E-state index contributed by atoms with van der Waals surface area (Å²) in [5.74, 6) is 0.0757. The van der Waals surface area contributed by atoms with Gasteiger partial charge < -0.3 is 10.6 Å². The van der Waals surface area contributed by atoms with Crippen molar-refractivity contribution in [2.75, 3.05) is 13.6 Å². The summed E-state index contributed by atoms with van der Waals surface area (Å²) in [4.78, 5) is 11.0. The molecule has 0 radical (unpaired) electrons. The Morgan fingerprint density at radius 1 is 1.56 bits per heavy atom. The number of amides is 1. The van der Waals surface area contributed by atoms with Gasteiger partial charge in [0, 0.05) is 45.0 Å². The molecule has 1 rings (SSSR count). The van der Waals surface area contributed by atoms with Crippen LogP contribution in [0.1, 0.15) is 19.8 Å². The molecular formula is C11H20N4O. The van der Waals surface area contributed by atoms with Crippen LogP contribution in [0.3, 0.4) is 0 Å². The van der Waals surface area contributed by atoms with E-state index in [0.29, 0.717) is 12.5 Å². The highest BCUT2D eigenvalue weighted by atomic mass is 16.1. The molecule has 2 N–H and O–H groups in total. The van der Waals surface area contributed by atoms with Crippen LogP contribution in [0.15, 0.2) is 18.5 Å². The van der Waals surface area contributed by atoms with Crippen LogP contribution in [0.4, 0.5) is 0 Å². The van der Waals surface area contributed by atoms with Gasteiger partial charge in [0.2, 0.25) is 5.91 Å². The molecule has 5 heteroatoms. The lowest BCUT2D eigenvalue weighted by Gasteiger charge is -2.13. The number of nitrogens with zero attached hydrogens (tertiary/aromatic N) is 2. The zero-order valence-electron chi connectivity index (χ0n) is 9.94. The molecule has 1 unspecified atom stereocenters. The highest BCUT2D eigenvalue weighted by Crippen LogP contribution is 1.95. The summed E-state index contributed by atoms with van der Waals surface area (Å²) in [6, 6.07) is 2.32. The van der Waals surface area contributed by atoms with Gasteiger partial charge in [0.1, 0.15) is 0 Å². The van der Waals surface area contributed by atoms with E-state index in [1.165, 1.54) is 0 Å². The largest absolute Gasteiger partial charge is 0.359 e. The number of nitrogens with one attached hydrogen (secondary N) is 2. The molecule has 1 heterocycles. The molecular weight excluding hydrogens is 204 g/mol. The van der Waals surface area contributed by atoms with Crippen LogP contribution < -0.4 is 10.6 Å². The first-order chi connectivity index (χ1) is 7.72. The smallest absolute Gasteiger partial charge is 0.221 e. The van der Waals surface area contributed by atoms with Crippen molar-refractivity contribution in [3.8, 4) is 0 Å². The SMILES string of the molecule is CNC(=O)CCNC(C)CCn1cccn1. The molecule has 0 aliphatic rings. The van der Waals surface area contributed by atoms with Gasteiger partial charge >= 0.3 is 0 Å². The minimum Gasteiger partial charge on any atom is -0.359 e. The van der Waals surface area contributed by atoms with Gasteiger partial charge in [-0.25, -0.2) is 0 Å². The third-order valence-electron chi connectivity index (χ3n) is 2.47. The van der Waals surface area contributed by atoms with E-state index in [9.17, 15) is 4.79 Å². The molecule has 0 aromatic carbocycles. The molecule has 0 fully saturated rings. The number of rotatable bonds is 7. The Labute approximate surface area is 96.2 Å². The standard InChI is InChI=1S/C11H20N4O/c1-10(13-7-4-11(16)12-2)5-9-15-8-3-6-14-15/h3,6,8,10,13H,4-5,7,9H2,1-2H3,(H,12,16). The Morgan fingerprint density at radius 2 is 2.38 bits per heavy atom. The lowest BCUT2D eigenvalue weighted by molar-refractivity contribution is -0.120. The average Bonchev–Trinajstić information content (AvgIpc) is 2.79. The minimum absolute atomic E-state index is 0.0757. The lowest BCUT2D eigenvalue weighted by atomic mass is 10.2. The van der Waals surface area contributed by atoms with Gasteiger partial charge in [-0.1, -0.05) is 0 Å². The first-order valence-electron chi connectivity index (χ1n) is 5.63. The number of carbonyl (C=O) groups is 1. The topological polar surface area (TPSA) is 59.0 Å². The molecule has 1 atom stereocenters. The van der Waals surface area contributed by atoms with E-state index in [-0.39, 0.29) is 5.91 Å². The highest BCUT2D eigenvalue weighted by molar-refractivity contribution is 5.75. The molecule has 90 valence electrons. The van der Waals surface area contributed by atoms with Crippen LogP contribution in [0.2, 0.25) is 0 Å². The first kappa shape index (κ1) is 12.7. The van der Waals surface area contributed by atoms with Crippen molar-refractivity contribution in [1.29, 1.82) is 0 Å². The summed E-state index contributed by atoms with van der Waals surface area (Å²) in [7, 11) is 1.66. The fraction of sp³-hybridized carbons (Fsp3) is 0.636. The fourth-order valence-electron chi connectivity index (χ4n) is 1.42. The second-order valence-electron chi connectivity index (χ2n) is 3.84. The van der Waals surface area contributed by atoms with Crippen LogP contribution in [0.5, 0.6) is 0 Å². The van der Waals surface area contributed by atoms with E-state index >= 15 is 0 Å². The molecule has 0 aliphatic carbocycles. The summed E-state index contributed by atoms with van der Waals surface area (Å²) in [6.45, 7) is 3.74. The van der Waals surface area contributed by atoms with Crippen LogP contribution in [-0.2, 0) is 11.3 Å². The lowest BCUT2D eigenvalue weighted by Crippen LogP contribution is -2.31. The Morgan fingerprint density at radius 3 is 3.00 bits per heavy atom. The van der Waals surface area contributed by atoms with Crippen molar-refractivity contribution in [2.24, 2.45) is 0 Å². The third-order valence-corrected chi connectivity index (χ3v) is 2.47. The second kappa shape index (κ2) is 7.00. The van der Waals surface area contributed by atoms with Gasteiger partial charge in [-0.15, -0.1) is 0 Å². The summed E-state index contributed by atoms with van der Waals surface area (Å²) in [6.07, 6.45) is 5.28. The maximum absolute atomic E-state index is 11.0.